The maximum atomic E-state index is 11.5. The molecular weight excluding hydrogens is 246 g/mol. The molecule has 3 rings (SSSR count). The van der Waals surface area contributed by atoms with Crippen LogP contribution in [0.5, 0.6) is 0 Å². The largest absolute Gasteiger partial charge is 0.378 e. The van der Waals surface area contributed by atoms with E-state index in [0.717, 1.165) is 22.5 Å². The molecule has 20 heavy (non-hydrogen) atoms. The number of aliphatic imine (C=N–C) groups is 1. The van der Waals surface area contributed by atoms with Gasteiger partial charge in [0.25, 0.3) is 0 Å². The molecular formula is C18H19NO. The van der Waals surface area contributed by atoms with E-state index < -0.39 is 5.60 Å². The Balaban J connectivity index is 2.26. The summed E-state index contributed by atoms with van der Waals surface area (Å²) in [6, 6.07) is 17.8. The van der Waals surface area contributed by atoms with E-state index in [0.29, 0.717) is 0 Å². The van der Waals surface area contributed by atoms with Gasteiger partial charge in [-0.05, 0) is 11.6 Å². The molecule has 102 valence electrons. The number of para-hydroxylation sites is 1. The van der Waals surface area contributed by atoms with Crippen molar-refractivity contribution in [3.05, 3.63) is 65.7 Å². The van der Waals surface area contributed by atoms with E-state index >= 15 is 0 Å². The topological polar surface area (TPSA) is 32.6 Å². The van der Waals surface area contributed by atoms with Gasteiger partial charge in [0.15, 0.2) is 0 Å². The average Bonchev–Trinajstić information content (AvgIpc) is 2.75. The highest BCUT2D eigenvalue weighted by Gasteiger charge is 2.50. The van der Waals surface area contributed by atoms with E-state index in [1.807, 2.05) is 75.4 Å². The second kappa shape index (κ2) is 4.29. The maximum absolute atomic E-state index is 11.5. The molecule has 0 spiro atoms. The van der Waals surface area contributed by atoms with Crippen molar-refractivity contribution < 1.29 is 5.11 Å². The second-order valence-electron chi connectivity index (χ2n) is 6.30. The van der Waals surface area contributed by atoms with Gasteiger partial charge in [0.2, 0.25) is 0 Å². The predicted molar refractivity (Wildman–Crippen MR) is 82.4 cm³/mol. The van der Waals surface area contributed by atoms with Crippen molar-refractivity contribution in [2.45, 2.75) is 26.4 Å². The lowest BCUT2D eigenvalue weighted by Gasteiger charge is -2.39. The van der Waals surface area contributed by atoms with Crippen LogP contribution < -0.4 is 0 Å². The third-order valence-corrected chi connectivity index (χ3v) is 4.00. The Hall–Kier alpha value is -1.93. The number of nitrogens with zero attached hydrogens (tertiary/aromatic N) is 1. The standard InChI is InChI=1S/C18H19NO/c1-17(2,3)18(20)14-11-7-8-12-15(14)19-16(18)13-9-5-4-6-10-13/h4-12,20H,1-3H3. The van der Waals surface area contributed by atoms with Gasteiger partial charge in [0, 0.05) is 11.0 Å². The Morgan fingerprint density at radius 1 is 0.900 bits per heavy atom. The first-order valence-electron chi connectivity index (χ1n) is 6.91. The lowest BCUT2D eigenvalue weighted by atomic mass is 9.69. The zero-order chi connectivity index (χ0) is 14.4. The van der Waals surface area contributed by atoms with Gasteiger partial charge in [-0.15, -0.1) is 0 Å². The molecule has 1 aliphatic rings. The zero-order valence-electron chi connectivity index (χ0n) is 12.1. The first-order chi connectivity index (χ1) is 9.44. The molecule has 0 radical (unpaired) electrons. The van der Waals surface area contributed by atoms with Crippen molar-refractivity contribution in [1.82, 2.24) is 0 Å². The van der Waals surface area contributed by atoms with Crippen LogP contribution in [0, 0.1) is 5.41 Å². The fourth-order valence-electron chi connectivity index (χ4n) is 2.83. The van der Waals surface area contributed by atoms with Crippen molar-refractivity contribution in [2.75, 3.05) is 0 Å². The Labute approximate surface area is 119 Å². The highest BCUT2D eigenvalue weighted by Crippen LogP contribution is 2.50. The van der Waals surface area contributed by atoms with Crippen LogP contribution in [0.25, 0.3) is 0 Å². The van der Waals surface area contributed by atoms with Gasteiger partial charge in [-0.25, -0.2) is 4.99 Å². The lowest BCUT2D eigenvalue weighted by Crippen LogP contribution is -2.45. The summed E-state index contributed by atoms with van der Waals surface area (Å²) >= 11 is 0. The van der Waals surface area contributed by atoms with Gasteiger partial charge < -0.3 is 5.11 Å². The predicted octanol–water partition coefficient (Wildman–Crippen LogP) is 4.05. The minimum Gasteiger partial charge on any atom is -0.378 e. The maximum Gasteiger partial charge on any atom is 0.139 e. The van der Waals surface area contributed by atoms with Crippen LogP contribution in [-0.4, -0.2) is 10.8 Å². The number of rotatable bonds is 1. The quantitative estimate of drug-likeness (QED) is 0.828. The molecule has 0 bridgehead atoms. The van der Waals surface area contributed by atoms with E-state index in [1.54, 1.807) is 0 Å². The molecule has 2 heteroatoms. The normalized spacial score (nSPS) is 21.5. The lowest BCUT2D eigenvalue weighted by molar-refractivity contribution is 0.00502. The van der Waals surface area contributed by atoms with Gasteiger partial charge in [0.05, 0.1) is 11.4 Å². The van der Waals surface area contributed by atoms with Gasteiger partial charge in [-0.3, -0.25) is 0 Å². The van der Waals surface area contributed by atoms with Crippen LogP contribution in [0.1, 0.15) is 31.9 Å². The third kappa shape index (κ3) is 1.72. The smallest absolute Gasteiger partial charge is 0.139 e. The third-order valence-electron chi connectivity index (χ3n) is 4.00. The number of hydrogen-bond donors (Lipinski definition) is 1. The highest BCUT2D eigenvalue weighted by molar-refractivity contribution is 6.12. The summed E-state index contributed by atoms with van der Waals surface area (Å²) in [6.45, 7) is 6.15. The molecule has 2 aromatic rings. The van der Waals surface area contributed by atoms with Crippen molar-refractivity contribution in [3.63, 3.8) is 0 Å². The van der Waals surface area contributed by atoms with E-state index in [-0.39, 0.29) is 5.41 Å². The zero-order valence-corrected chi connectivity index (χ0v) is 12.1. The average molecular weight is 265 g/mol. The number of hydrogen-bond acceptors (Lipinski definition) is 2. The van der Waals surface area contributed by atoms with Crippen LogP contribution in [0.15, 0.2) is 59.6 Å². The van der Waals surface area contributed by atoms with Crippen LogP contribution in [0.4, 0.5) is 5.69 Å². The summed E-state index contributed by atoms with van der Waals surface area (Å²) < 4.78 is 0. The Kier molecular flexibility index (Phi) is 2.80. The molecule has 0 saturated heterocycles. The summed E-state index contributed by atoms with van der Waals surface area (Å²) in [5.74, 6) is 0. The second-order valence-corrected chi connectivity index (χ2v) is 6.30. The minimum atomic E-state index is -1.06. The van der Waals surface area contributed by atoms with Crippen LogP contribution in [0.3, 0.4) is 0 Å². The van der Waals surface area contributed by atoms with Crippen molar-refractivity contribution in [1.29, 1.82) is 0 Å². The summed E-state index contributed by atoms with van der Waals surface area (Å²) in [5.41, 5.74) is 2.07. The molecule has 2 aromatic carbocycles. The summed E-state index contributed by atoms with van der Waals surface area (Å²) in [4.78, 5) is 4.71. The van der Waals surface area contributed by atoms with Crippen LogP contribution in [-0.2, 0) is 5.60 Å². The number of fused-ring (bicyclic) bond motifs is 1. The molecule has 1 heterocycles. The summed E-state index contributed by atoms with van der Waals surface area (Å²) in [5, 5.41) is 11.5. The van der Waals surface area contributed by atoms with Crippen LogP contribution >= 0.6 is 0 Å². The number of aliphatic hydroxyl groups is 1. The SMILES string of the molecule is CC(C)(C)C1(O)C(c2ccccc2)=Nc2ccccc21. The van der Waals surface area contributed by atoms with Gasteiger partial charge in [-0.1, -0.05) is 69.3 Å². The van der Waals surface area contributed by atoms with E-state index in [4.69, 9.17) is 4.99 Å². The minimum absolute atomic E-state index is 0.339. The molecule has 0 amide bonds. The van der Waals surface area contributed by atoms with E-state index in [2.05, 4.69) is 0 Å². The summed E-state index contributed by atoms with van der Waals surface area (Å²) in [6.07, 6.45) is 0. The molecule has 1 atom stereocenters. The monoisotopic (exact) mass is 265 g/mol. The highest BCUT2D eigenvalue weighted by atomic mass is 16.3. The van der Waals surface area contributed by atoms with Gasteiger partial charge in [-0.2, -0.15) is 0 Å². The Morgan fingerprint density at radius 2 is 1.50 bits per heavy atom. The van der Waals surface area contributed by atoms with Crippen LogP contribution in [0.2, 0.25) is 0 Å². The molecule has 0 aromatic heterocycles. The number of benzene rings is 2. The molecule has 0 fully saturated rings. The van der Waals surface area contributed by atoms with Crippen molar-refractivity contribution >= 4 is 11.4 Å². The van der Waals surface area contributed by atoms with E-state index in [9.17, 15) is 5.11 Å². The first-order valence-corrected chi connectivity index (χ1v) is 6.91. The van der Waals surface area contributed by atoms with E-state index in [1.165, 1.54) is 0 Å². The van der Waals surface area contributed by atoms with Crippen molar-refractivity contribution in [2.24, 2.45) is 10.4 Å². The van der Waals surface area contributed by atoms with Crippen molar-refractivity contribution in [3.8, 4) is 0 Å². The van der Waals surface area contributed by atoms with Gasteiger partial charge in [0.1, 0.15) is 5.60 Å². The first kappa shape index (κ1) is 13.1. The Morgan fingerprint density at radius 3 is 2.15 bits per heavy atom. The molecule has 1 aliphatic heterocycles. The van der Waals surface area contributed by atoms with Gasteiger partial charge >= 0.3 is 0 Å². The molecule has 2 nitrogen and oxygen atoms in total. The molecule has 1 N–H and O–H groups in total. The molecule has 0 saturated carbocycles. The summed E-state index contributed by atoms with van der Waals surface area (Å²) in [7, 11) is 0. The fourth-order valence-corrected chi connectivity index (χ4v) is 2.83. The molecule has 0 aliphatic carbocycles. The molecule has 1 unspecified atom stereocenters. The fraction of sp³-hybridized carbons (Fsp3) is 0.278. The Bertz CT molecular complexity index is 667.